The average Bonchev–Trinajstić information content (AvgIpc) is 2.97. The maximum Gasteiger partial charge on any atom is 0.255 e. The van der Waals surface area contributed by atoms with Crippen LogP contribution in [0.1, 0.15) is 28.8 Å². The van der Waals surface area contributed by atoms with E-state index in [2.05, 4.69) is 5.32 Å². The molecule has 1 N–H and O–H groups in total. The summed E-state index contributed by atoms with van der Waals surface area (Å²) in [5, 5.41) is 2.67. The Morgan fingerprint density at radius 1 is 1.22 bits per heavy atom. The quantitative estimate of drug-likeness (QED) is 0.943. The molecule has 0 aliphatic carbocycles. The van der Waals surface area contributed by atoms with Gasteiger partial charge < -0.3 is 10.2 Å². The summed E-state index contributed by atoms with van der Waals surface area (Å²) in [4.78, 5) is 25.8. The van der Waals surface area contributed by atoms with Crippen molar-refractivity contribution in [2.45, 2.75) is 19.8 Å². The summed E-state index contributed by atoms with van der Waals surface area (Å²) < 4.78 is 13.5. The van der Waals surface area contributed by atoms with E-state index in [9.17, 15) is 14.0 Å². The first kappa shape index (κ1) is 15.2. The van der Waals surface area contributed by atoms with Crippen molar-refractivity contribution in [3.8, 4) is 0 Å². The number of nitrogens with zero attached hydrogens (tertiary/aromatic N) is 1. The maximum absolute atomic E-state index is 13.5. The number of aryl methyl sites for hydroxylation is 1. The van der Waals surface area contributed by atoms with Gasteiger partial charge in [0.15, 0.2) is 0 Å². The second-order valence-electron chi connectivity index (χ2n) is 5.62. The zero-order valence-corrected chi connectivity index (χ0v) is 12.8. The molecule has 1 aliphatic heterocycles. The smallest absolute Gasteiger partial charge is 0.255 e. The van der Waals surface area contributed by atoms with Crippen molar-refractivity contribution in [3.63, 3.8) is 0 Å². The van der Waals surface area contributed by atoms with Gasteiger partial charge in [0.25, 0.3) is 5.91 Å². The minimum Gasteiger partial charge on any atom is -0.322 e. The zero-order chi connectivity index (χ0) is 16.4. The number of amides is 2. The number of hydrogen-bond acceptors (Lipinski definition) is 2. The summed E-state index contributed by atoms with van der Waals surface area (Å²) in [5.74, 6) is -0.621. The van der Waals surface area contributed by atoms with Crippen molar-refractivity contribution in [3.05, 3.63) is 59.4 Å². The van der Waals surface area contributed by atoms with Crippen LogP contribution in [-0.2, 0) is 4.79 Å². The molecule has 1 fully saturated rings. The van der Waals surface area contributed by atoms with Gasteiger partial charge >= 0.3 is 0 Å². The molecule has 0 saturated carbocycles. The predicted molar refractivity (Wildman–Crippen MR) is 87.1 cm³/mol. The molecule has 118 valence electrons. The third-order valence-corrected chi connectivity index (χ3v) is 3.92. The standard InChI is InChI=1S/C18H17FN2O2/c1-12-7-8-14(11-16(12)19)20-18(23)13-4-2-5-15(10-13)21-9-3-6-17(21)22/h2,4-5,7-8,10-11H,3,6,9H2,1H3,(H,20,23). The largest absolute Gasteiger partial charge is 0.322 e. The number of rotatable bonds is 3. The van der Waals surface area contributed by atoms with Gasteiger partial charge in [-0.25, -0.2) is 4.39 Å². The normalized spacial score (nSPS) is 14.2. The molecule has 5 heteroatoms. The van der Waals surface area contributed by atoms with Crippen LogP contribution in [0, 0.1) is 12.7 Å². The van der Waals surface area contributed by atoms with Gasteiger partial charge in [-0.1, -0.05) is 12.1 Å². The van der Waals surface area contributed by atoms with Gasteiger partial charge in [0.05, 0.1) is 0 Å². The lowest BCUT2D eigenvalue weighted by atomic mass is 10.1. The molecule has 1 heterocycles. The van der Waals surface area contributed by atoms with Crippen molar-refractivity contribution >= 4 is 23.2 Å². The topological polar surface area (TPSA) is 49.4 Å². The highest BCUT2D eigenvalue weighted by Crippen LogP contribution is 2.23. The van der Waals surface area contributed by atoms with E-state index in [0.717, 1.165) is 12.1 Å². The monoisotopic (exact) mass is 312 g/mol. The van der Waals surface area contributed by atoms with Crippen molar-refractivity contribution in [1.82, 2.24) is 0 Å². The maximum atomic E-state index is 13.5. The fourth-order valence-electron chi connectivity index (χ4n) is 2.61. The van der Waals surface area contributed by atoms with Gasteiger partial charge in [-0.2, -0.15) is 0 Å². The van der Waals surface area contributed by atoms with E-state index >= 15 is 0 Å². The van der Waals surface area contributed by atoms with Crippen LogP contribution < -0.4 is 10.2 Å². The Hall–Kier alpha value is -2.69. The first-order chi connectivity index (χ1) is 11.0. The molecule has 2 amide bonds. The molecule has 23 heavy (non-hydrogen) atoms. The number of carbonyl (C=O) groups is 2. The minimum absolute atomic E-state index is 0.0724. The zero-order valence-electron chi connectivity index (χ0n) is 12.8. The second kappa shape index (κ2) is 6.20. The van der Waals surface area contributed by atoms with Crippen LogP contribution in [0.4, 0.5) is 15.8 Å². The molecule has 0 unspecified atom stereocenters. The molecule has 0 atom stereocenters. The van der Waals surface area contributed by atoms with E-state index < -0.39 is 0 Å². The minimum atomic E-state index is -0.362. The predicted octanol–water partition coefficient (Wildman–Crippen LogP) is 3.51. The van der Waals surface area contributed by atoms with Gasteiger partial charge in [-0.3, -0.25) is 9.59 Å². The number of carbonyl (C=O) groups excluding carboxylic acids is 2. The molecule has 0 bridgehead atoms. The molecule has 2 aromatic rings. The van der Waals surface area contributed by atoms with Crippen LogP contribution in [0.3, 0.4) is 0 Å². The molecule has 3 rings (SSSR count). The van der Waals surface area contributed by atoms with Gasteiger partial charge in [-0.15, -0.1) is 0 Å². The lowest BCUT2D eigenvalue weighted by Crippen LogP contribution is -2.24. The van der Waals surface area contributed by atoms with Crippen LogP contribution in [0.5, 0.6) is 0 Å². The number of halogens is 1. The van der Waals surface area contributed by atoms with Crippen LogP contribution in [0.15, 0.2) is 42.5 Å². The summed E-state index contributed by atoms with van der Waals surface area (Å²) in [5.41, 5.74) is 2.08. The summed E-state index contributed by atoms with van der Waals surface area (Å²) in [6.07, 6.45) is 1.37. The lowest BCUT2D eigenvalue weighted by Gasteiger charge is -2.16. The van der Waals surface area contributed by atoms with Gasteiger partial charge in [0, 0.05) is 29.9 Å². The van der Waals surface area contributed by atoms with E-state index in [-0.39, 0.29) is 17.6 Å². The molecule has 2 aromatic carbocycles. The number of hydrogen-bond donors (Lipinski definition) is 1. The van der Waals surface area contributed by atoms with Crippen LogP contribution in [0.25, 0.3) is 0 Å². The third-order valence-electron chi connectivity index (χ3n) is 3.92. The molecule has 4 nitrogen and oxygen atoms in total. The van der Waals surface area contributed by atoms with Crippen molar-refractivity contribution < 1.29 is 14.0 Å². The third kappa shape index (κ3) is 3.23. The van der Waals surface area contributed by atoms with Gasteiger partial charge in [0.1, 0.15) is 5.82 Å². The number of anilines is 2. The molecule has 0 spiro atoms. The highest BCUT2D eigenvalue weighted by atomic mass is 19.1. The molecule has 0 aromatic heterocycles. The van der Waals surface area contributed by atoms with Gasteiger partial charge in [0.2, 0.25) is 5.91 Å². The Bertz CT molecular complexity index is 773. The van der Waals surface area contributed by atoms with E-state index in [4.69, 9.17) is 0 Å². The fourth-order valence-corrected chi connectivity index (χ4v) is 2.61. The summed E-state index contributed by atoms with van der Waals surface area (Å²) in [6, 6.07) is 11.5. The Morgan fingerprint density at radius 3 is 2.74 bits per heavy atom. The van der Waals surface area contributed by atoms with E-state index in [1.54, 1.807) is 42.2 Å². The van der Waals surface area contributed by atoms with Gasteiger partial charge in [-0.05, 0) is 49.2 Å². The number of nitrogens with one attached hydrogen (secondary N) is 1. The molecule has 0 radical (unpaired) electrons. The first-order valence-corrected chi connectivity index (χ1v) is 7.52. The Labute approximate surface area is 133 Å². The van der Waals surface area contributed by atoms with Crippen molar-refractivity contribution in [2.75, 3.05) is 16.8 Å². The highest BCUT2D eigenvalue weighted by molar-refractivity contribution is 6.05. The molecule has 1 saturated heterocycles. The summed E-state index contributed by atoms with van der Waals surface area (Å²) in [7, 11) is 0. The fraction of sp³-hybridized carbons (Fsp3) is 0.222. The van der Waals surface area contributed by atoms with Crippen LogP contribution >= 0.6 is 0 Å². The van der Waals surface area contributed by atoms with E-state index in [1.807, 2.05) is 6.07 Å². The Morgan fingerprint density at radius 2 is 2.04 bits per heavy atom. The SMILES string of the molecule is Cc1ccc(NC(=O)c2cccc(N3CCCC3=O)c2)cc1F. The molecular weight excluding hydrogens is 295 g/mol. The van der Waals surface area contributed by atoms with Crippen molar-refractivity contribution in [1.29, 1.82) is 0 Å². The van der Waals surface area contributed by atoms with E-state index in [0.29, 0.717) is 29.8 Å². The first-order valence-electron chi connectivity index (χ1n) is 7.52. The highest BCUT2D eigenvalue weighted by Gasteiger charge is 2.22. The number of benzene rings is 2. The van der Waals surface area contributed by atoms with Crippen molar-refractivity contribution in [2.24, 2.45) is 0 Å². The van der Waals surface area contributed by atoms with Crippen LogP contribution in [-0.4, -0.2) is 18.4 Å². The Kier molecular flexibility index (Phi) is 4.10. The van der Waals surface area contributed by atoms with Crippen LogP contribution in [0.2, 0.25) is 0 Å². The molecular formula is C18H17FN2O2. The average molecular weight is 312 g/mol. The van der Waals surface area contributed by atoms with E-state index in [1.165, 1.54) is 6.07 Å². The second-order valence-corrected chi connectivity index (χ2v) is 5.62. The summed E-state index contributed by atoms with van der Waals surface area (Å²) >= 11 is 0. The lowest BCUT2D eigenvalue weighted by molar-refractivity contribution is -0.117. The summed E-state index contributed by atoms with van der Waals surface area (Å²) in [6.45, 7) is 2.34. The molecule has 1 aliphatic rings. The Balaban J connectivity index is 1.79.